The van der Waals surface area contributed by atoms with Crippen LogP contribution in [0.2, 0.25) is 0 Å². The van der Waals surface area contributed by atoms with Gasteiger partial charge in [-0.1, -0.05) is 6.07 Å². The van der Waals surface area contributed by atoms with Gasteiger partial charge in [-0.3, -0.25) is 0 Å². The van der Waals surface area contributed by atoms with Crippen LogP contribution in [0, 0.1) is 5.82 Å². The van der Waals surface area contributed by atoms with Gasteiger partial charge in [-0.05, 0) is 29.8 Å². The summed E-state index contributed by atoms with van der Waals surface area (Å²) in [5, 5.41) is 0.878. The monoisotopic (exact) mass is 278 g/mol. The number of halogens is 3. The van der Waals surface area contributed by atoms with Gasteiger partial charge >= 0.3 is 6.61 Å². The van der Waals surface area contributed by atoms with Crippen molar-refractivity contribution >= 4 is 11.0 Å². The molecule has 2 heterocycles. The topological polar surface area (TPSA) is 37.9 Å². The molecular formula is C14H9F3N2O. The Labute approximate surface area is 112 Å². The largest absolute Gasteiger partial charge is 0.432 e. The molecule has 6 heteroatoms. The number of nitrogens with one attached hydrogen (secondary N) is 1. The lowest BCUT2D eigenvalue weighted by atomic mass is 10.1. The summed E-state index contributed by atoms with van der Waals surface area (Å²) >= 11 is 0. The molecule has 0 spiro atoms. The van der Waals surface area contributed by atoms with Gasteiger partial charge in [-0.15, -0.1) is 0 Å². The van der Waals surface area contributed by atoms with Crippen molar-refractivity contribution in [3.05, 3.63) is 48.5 Å². The number of aromatic nitrogens is 2. The predicted octanol–water partition coefficient (Wildman–Crippen LogP) is 3.97. The highest BCUT2D eigenvalue weighted by Crippen LogP contribution is 2.28. The third kappa shape index (κ3) is 2.32. The van der Waals surface area contributed by atoms with Gasteiger partial charge in [-0.25, -0.2) is 9.37 Å². The minimum Gasteiger partial charge on any atom is -0.432 e. The molecule has 0 amide bonds. The molecule has 2 aromatic heterocycles. The first-order valence-corrected chi connectivity index (χ1v) is 5.81. The quantitative estimate of drug-likeness (QED) is 0.787. The molecule has 3 aromatic rings. The standard InChI is InChI=1S/C14H9F3N2O/c15-11-2-1-8(6-12(11)20-14(16)17)10-5-9-3-4-18-13(9)19-7-10/h1-7,14H,(H,18,19). The van der Waals surface area contributed by atoms with Crippen molar-refractivity contribution in [3.8, 4) is 16.9 Å². The van der Waals surface area contributed by atoms with Gasteiger partial charge in [0.1, 0.15) is 5.65 Å². The highest BCUT2D eigenvalue weighted by Gasteiger charge is 2.11. The van der Waals surface area contributed by atoms with Crippen molar-refractivity contribution in [3.63, 3.8) is 0 Å². The van der Waals surface area contributed by atoms with E-state index < -0.39 is 18.2 Å². The number of benzene rings is 1. The fraction of sp³-hybridized carbons (Fsp3) is 0.0714. The number of pyridine rings is 1. The zero-order valence-corrected chi connectivity index (χ0v) is 10.1. The molecule has 0 bridgehead atoms. The van der Waals surface area contributed by atoms with E-state index in [0.717, 1.165) is 17.1 Å². The van der Waals surface area contributed by atoms with Gasteiger partial charge in [0, 0.05) is 23.3 Å². The second-order valence-corrected chi connectivity index (χ2v) is 4.16. The van der Waals surface area contributed by atoms with Crippen LogP contribution in [-0.4, -0.2) is 16.6 Å². The normalized spacial score (nSPS) is 11.2. The predicted molar refractivity (Wildman–Crippen MR) is 68.1 cm³/mol. The number of ether oxygens (including phenoxy) is 1. The molecule has 0 fully saturated rings. The molecule has 20 heavy (non-hydrogen) atoms. The van der Waals surface area contributed by atoms with Crippen LogP contribution in [0.15, 0.2) is 42.7 Å². The fourth-order valence-electron chi connectivity index (χ4n) is 1.97. The summed E-state index contributed by atoms with van der Waals surface area (Å²) in [6, 6.07) is 7.48. The van der Waals surface area contributed by atoms with Crippen LogP contribution in [-0.2, 0) is 0 Å². The van der Waals surface area contributed by atoms with Crippen LogP contribution in [0.4, 0.5) is 13.2 Å². The van der Waals surface area contributed by atoms with E-state index in [1.165, 1.54) is 12.1 Å². The Morgan fingerprint density at radius 1 is 1.10 bits per heavy atom. The van der Waals surface area contributed by atoms with Crippen molar-refractivity contribution in [1.82, 2.24) is 9.97 Å². The Bertz CT molecular complexity index is 755. The number of hydrogen-bond donors (Lipinski definition) is 1. The van der Waals surface area contributed by atoms with E-state index in [1.807, 2.05) is 12.1 Å². The number of nitrogens with zero attached hydrogens (tertiary/aromatic N) is 1. The molecule has 3 nitrogen and oxygen atoms in total. The lowest BCUT2D eigenvalue weighted by molar-refractivity contribution is -0.0521. The van der Waals surface area contributed by atoms with E-state index >= 15 is 0 Å². The number of H-pyrrole nitrogens is 1. The first kappa shape index (κ1) is 12.5. The second-order valence-electron chi connectivity index (χ2n) is 4.16. The van der Waals surface area contributed by atoms with Crippen molar-refractivity contribution in [2.24, 2.45) is 0 Å². The van der Waals surface area contributed by atoms with Crippen LogP contribution >= 0.6 is 0 Å². The Hall–Kier alpha value is -2.50. The van der Waals surface area contributed by atoms with E-state index in [-0.39, 0.29) is 0 Å². The summed E-state index contributed by atoms with van der Waals surface area (Å²) in [7, 11) is 0. The minimum absolute atomic E-state index is 0.480. The van der Waals surface area contributed by atoms with Crippen molar-refractivity contribution in [2.45, 2.75) is 6.61 Å². The fourth-order valence-corrected chi connectivity index (χ4v) is 1.97. The van der Waals surface area contributed by atoms with Crippen molar-refractivity contribution < 1.29 is 17.9 Å². The van der Waals surface area contributed by atoms with Gasteiger partial charge in [0.05, 0.1) is 0 Å². The third-order valence-corrected chi connectivity index (χ3v) is 2.88. The smallest absolute Gasteiger partial charge is 0.387 e. The Kier molecular flexibility index (Phi) is 3.06. The minimum atomic E-state index is -3.06. The summed E-state index contributed by atoms with van der Waals surface area (Å²) in [5.41, 5.74) is 1.97. The highest BCUT2D eigenvalue weighted by atomic mass is 19.3. The van der Waals surface area contributed by atoms with E-state index in [4.69, 9.17) is 0 Å². The molecule has 0 aliphatic carbocycles. The molecule has 0 unspecified atom stereocenters. The molecule has 0 saturated heterocycles. The van der Waals surface area contributed by atoms with Gasteiger partial charge < -0.3 is 9.72 Å². The maximum absolute atomic E-state index is 13.4. The lowest BCUT2D eigenvalue weighted by Gasteiger charge is -2.08. The van der Waals surface area contributed by atoms with Crippen LogP contribution in [0.3, 0.4) is 0 Å². The van der Waals surface area contributed by atoms with E-state index in [2.05, 4.69) is 14.7 Å². The number of rotatable bonds is 3. The first-order valence-electron chi connectivity index (χ1n) is 5.81. The molecule has 0 aliphatic heterocycles. The average Bonchev–Trinajstić information content (AvgIpc) is 2.88. The molecular weight excluding hydrogens is 269 g/mol. The zero-order chi connectivity index (χ0) is 14.1. The van der Waals surface area contributed by atoms with Gasteiger partial charge in [0.15, 0.2) is 11.6 Å². The van der Waals surface area contributed by atoms with Gasteiger partial charge in [0.2, 0.25) is 0 Å². The average molecular weight is 278 g/mol. The van der Waals surface area contributed by atoms with Crippen LogP contribution in [0.1, 0.15) is 0 Å². The van der Waals surface area contributed by atoms with Crippen LogP contribution < -0.4 is 4.74 Å². The molecule has 3 rings (SSSR count). The SMILES string of the molecule is Fc1ccc(-c2cnc3[nH]ccc3c2)cc1OC(F)F. The van der Waals surface area contributed by atoms with E-state index in [0.29, 0.717) is 11.1 Å². The van der Waals surface area contributed by atoms with Gasteiger partial charge in [-0.2, -0.15) is 8.78 Å². The zero-order valence-electron chi connectivity index (χ0n) is 10.1. The third-order valence-electron chi connectivity index (χ3n) is 2.88. The molecule has 1 N–H and O–H groups in total. The molecule has 1 aromatic carbocycles. The number of hydrogen-bond acceptors (Lipinski definition) is 2. The summed E-state index contributed by atoms with van der Waals surface area (Å²) < 4.78 is 41.9. The second kappa shape index (κ2) is 4.88. The molecule has 0 radical (unpaired) electrons. The first-order chi connectivity index (χ1) is 9.63. The van der Waals surface area contributed by atoms with Crippen LogP contribution in [0.5, 0.6) is 5.75 Å². The Balaban J connectivity index is 2.04. The summed E-state index contributed by atoms with van der Waals surface area (Å²) in [5.74, 6) is -1.31. The van der Waals surface area contributed by atoms with Crippen LogP contribution in [0.25, 0.3) is 22.2 Å². The van der Waals surface area contributed by atoms with Crippen molar-refractivity contribution in [2.75, 3.05) is 0 Å². The highest BCUT2D eigenvalue weighted by molar-refractivity contribution is 5.81. The number of alkyl halides is 2. The maximum atomic E-state index is 13.4. The van der Waals surface area contributed by atoms with Gasteiger partial charge in [0.25, 0.3) is 0 Å². The van der Waals surface area contributed by atoms with Crippen molar-refractivity contribution in [1.29, 1.82) is 0 Å². The number of fused-ring (bicyclic) bond motifs is 1. The number of aromatic amines is 1. The lowest BCUT2D eigenvalue weighted by Crippen LogP contribution is -2.03. The van der Waals surface area contributed by atoms with E-state index in [9.17, 15) is 13.2 Å². The molecule has 0 aliphatic rings. The molecule has 102 valence electrons. The maximum Gasteiger partial charge on any atom is 0.387 e. The van der Waals surface area contributed by atoms with E-state index in [1.54, 1.807) is 12.4 Å². The molecule has 0 atom stereocenters. The molecule has 0 saturated carbocycles. The summed E-state index contributed by atoms with van der Waals surface area (Å²) in [4.78, 5) is 7.14. The Morgan fingerprint density at radius 2 is 1.95 bits per heavy atom. The Morgan fingerprint density at radius 3 is 2.75 bits per heavy atom. The summed E-state index contributed by atoms with van der Waals surface area (Å²) in [6.45, 7) is -3.06. The summed E-state index contributed by atoms with van der Waals surface area (Å²) in [6.07, 6.45) is 3.33.